The zero-order chi connectivity index (χ0) is 17.4. The number of alkyl carbamates (subject to hydrolysis) is 1. The molecule has 2 rings (SSSR count). The molecule has 1 unspecified atom stereocenters. The van der Waals surface area contributed by atoms with Crippen LogP contribution in [0, 0.1) is 5.92 Å². The third-order valence-corrected chi connectivity index (χ3v) is 4.33. The minimum absolute atomic E-state index is 0.0296. The number of rotatable bonds is 6. The predicted octanol–water partition coefficient (Wildman–Crippen LogP) is 4.26. The van der Waals surface area contributed by atoms with Crippen LogP contribution in [-0.4, -0.2) is 17.3 Å². The molecule has 0 heterocycles. The Morgan fingerprint density at radius 3 is 2.17 bits per heavy atom. The number of nitrogens with one attached hydrogen (secondary N) is 1. The highest BCUT2D eigenvalue weighted by Gasteiger charge is 2.25. The lowest BCUT2D eigenvalue weighted by molar-refractivity contribution is -0.113. The summed E-state index contributed by atoms with van der Waals surface area (Å²) in [5.74, 6) is -0.0296. The van der Waals surface area contributed by atoms with Crippen LogP contribution in [0.4, 0.5) is 4.79 Å². The fourth-order valence-corrected chi connectivity index (χ4v) is 3.04. The molecule has 4 nitrogen and oxygen atoms in total. The van der Waals surface area contributed by atoms with Crippen LogP contribution in [0.3, 0.4) is 0 Å². The number of carbonyl (C=O) groups is 2. The zero-order valence-electron chi connectivity index (χ0n) is 13.8. The Bertz CT molecular complexity index is 659. The summed E-state index contributed by atoms with van der Waals surface area (Å²) in [6.45, 7) is 3.97. The van der Waals surface area contributed by atoms with Gasteiger partial charge in [0.2, 0.25) is 5.12 Å². The molecule has 0 aromatic heterocycles. The van der Waals surface area contributed by atoms with E-state index in [0.29, 0.717) is 0 Å². The molecule has 0 radical (unpaired) electrons. The number of ether oxygens (including phenoxy) is 1. The van der Waals surface area contributed by atoms with Gasteiger partial charge in [-0.1, -0.05) is 62.4 Å². The Morgan fingerprint density at radius 1 is 1.00 bits per heavy atom. The second kappa shape index (κ2) is 9.13. The van der Waals surface area contributed by atoms with Crippen LogP contribution in [0.25, 0.3) is 0 Å². The van der Waals surface area contributed by atoms with E-state index in [9.17, 15) is 9.59 Å². The lowest BCUT2D eigenvalue weighted by atomic mass is 10.1. The maximum atomic E-state index is 12.5. The van der Waals surface area contributed by atoms with E-state index >= 15 is 0 Å². The topological polar surface area (TPSA) is 55.4 Å². The number of hydrogen-bond donors (Lipinski definition) is 1. The monoisotopic (exact) mass is 343 g/mol. The van der Waals surface area contributed by atoms with Crippen molar-refractivity contribution in [3.63, 3.8) is 0 Å². The fourth-order valence-electron chi connectivity index (χ4n) is 2.06. The molecule has 1 N–H and O–H groups in total. The lowest BCUT2D eigenvalue weighted by Gasteiger charge is -2.20. The summed E-state index contributed by atoms with van der Waals surface area (Å²) >= 11 is 1.13. The van der Waals surface area contributed by atoms with Crippen molar-refractivity contribution in [3.05, 3.63) is 66.2 Å². The number of carbonyl (C=O) groups excluding carboxylic acids is 2. The largest absolute Gasteiger partial charge is 0.445 e. The van der Waals surface area contributed by atoms with Crippen molar-refractivity contribution in [1.82, 2.24) is 5.32 Å². The van der Waals surface area contributed by atoms with E-state index in [1.807, 2.05) is 74.5 Å². The Hall–Kier alpha value is -2.27. The molecule has 0 aliphatic rings. The van der Waals surface area contributed by atoms with Crippen LogP contribution < -0.4 is 5.32 Å². The highest BCUT2D eigenvalue weighted by molar-refractivity contribution is 8.13. The van der Waals surface area contributed by atoms with Gasteiger partial charge in [0.05, 0.1) is 0 Å². The van der Waals surface area contributed by atoms with Crippen LogP contribution >= 0.6 is 11.8 Å². The first-order chi connectivity index (χ1) is 11.6. The van der Waals surface area contributed by atoms with E-state index in [4.69, 9.17) is 4.74 Å². The first-order valence-corrected chi connectivity index (χ1v) is 8.62. The van der Waals surface area contributed by atoms with Gasteiger partial charge in [0.1, 0.15) is 12.6 Å². The number of amides is 1. The third-order valence-electron chi connectivity index (χ3n) is 3.37. The average molecular weight is 343 g/mol. The maximum Gasteiger partial charge on any atom is 0.408 e. The second-order valence-corrected chi connectivity index (χ2v) is 6.74. The van der Waals surface area contributed by atoms with Gasteiger partial charge in [-0.2, -0.15) is 0 Å². The standard InChI is InChI=1S/C19H21NO3S/c1-14(2)17(18(21)24-16-11-7-4-8-12-16)20-19(22)23-13-15-9-5-3-6-10-15/h3-12,14,17H,13H2,1-2H3,(H,20,22). The van der Waals surface area contributed by atoms with E-state index < -0.39 is 12.1 Å². The van der Waals surface area contributed by atoms with Crippen LogP contribution in [0.2, 0.25) is 0 Å². The Balaban J connectivity index is 1.90. The number of benzene rings is 2. The quantitative estimate of drug-likeness (QED) is 0.797. The van der Waals surface area contributed by atoms with Crippen LogP contribution in [-0.2, 0) is 16.1 Å². The molecule has 0 saturated carbocycles. The highest BCUT2D eigenvalue weighted by atomic mass is 32.2. The molecule has 5 heteroatoms. The molecule has 0 aliphatic heterocycles. The van der Waals surface area contributed by atoms with Crippen molar-refractivity contribution in [1.29, 1.82) is 0 Å². The molecular formula is C19H21NO3S. The highest BCUT2D eigenvalue weighted by Crippen LogP contribution is 2.22. The van der Waals surface area contributed by atoms with Crippen LogP contribution in [0.5, 0.6) is 0 Å². The van der Waals surface area contributed by atoms with Gasteiger partial charge < -0.3 is 10.1 Å². The van der Waals surface area contributed by atoms with Crippen molar-refractivity contribution in [2.24, 2.45) is 5.92 Å². The van der Waals surface area contributed by atoms with Gasteiger partial charge in [-0.15, -0.1) is 0 Å². The van der Waals surface area contributed by atoms with Gasteiger partial charge in [0.15, 0.2) is 0 Å². The van der Waals surface area contributed by atoms with Gasteiger partial charge in [0.25, 0.3) is 0 Å². The van der Waals surface area contributed by atoms with E-state index in [1.165, 1.54) is 0 Å². The molecule has 0 fully saturated rings. The summed E-state index contributed by atoms with van der Waals surface area (Å²) < 4.78 is 5.20. The third kappa shape index (κ3) is 5.74. The Morgan fingerprint density at radius 2 is 1.58 bits per heavy atom. The zero-order valence-corrected chi connectivity index (χ0v) is 14.6. The van der Waals surface area contributed by atoms with Crippen molar-refractivity contribution in [2.75, 3.05) is 0 Å². The summed E-state index contributed by atoms with van der Waals surface area (Å²) in [4.78, 5) is 25.3. The van der Waals surface area contributed by atoms with Gasteiger partial charge in [-0.25, -0.2) is 4.79 Å². The minimum atomic E-state index is -0.599. The van der Waals surface area contributed by atoms with Gasteiger partial charge >= 0.3 is 6.09 Å². The molecule has 24 heavy (non-hydrogen) atoms. The summed E-state index contributed by atoms with van der Waals surface area (Å²) in [7, 11) is 0. The van der Waals surface area contributed by atoms with Gasteiger partial charge in [0, 0.05) is 4.90 Å². The predicted molar refractivity (Wildman–Crippen MR) is 95.7 cm³/mol. The van der Waals surface area contributed by atoms with Crippen molar-refractivity contribution in [2.45, 2.75) is 31.4 Å². The summed E-state index contributed by atoms with van der Waals surface area (Å²) in [5, 5.41) is 2.57. The maximum absolute atomic E-state index is 12.5. The van der Waals surface area contributed by atoms with E-state index in [2.05, 4.69) is 5.32 Å². The number of thioether (sulfide) groups is 1. The van der Waals surface area contributed by atoms with Gasteiger partial charge in [-0.3, -0.25) is 4.79 Å². The molecule has 1 amide bonds. The lowest BCUT2D eigenvalue weighted by Crippen LogP contribution is -2.43. The molecule has 0 bridgehead atoms. The molecule has 0 saturated heterocycles. The van der Waals surface area contributed by atoms with Gasteiger partial charge in [-0.05, 0) is 35.4 Å². The summed E-state index contributed by atoms with van der Waals surface area (Å²) in [6, 6.07) is 18.2. The Labute approximate surface area is 146 Å². The van der Waals surface area contributed by atoms with Crippen molar-refractivity contribution >= 4 is 23.0 Å². The Kier molecular flexibility index (Phi) is 6.88. The molecule has 0 aliphatic carbocycles. The van der Waals surface area contributed by atoms with Crippen molar-refractivity contribution < 1.29 is 14.3 Å². The normalized spacial score (nSPS) is 11.8. The fraction of sp³-hybridized carbons (Fsp3) is 0.263. The summed E-state index contributed by atoms with van der Waals surface area (Å²) in [6.07, 6.45) is -0.584. The molecule has 2 aromatic rings. The smallest absolute Gasteiger partial charge is 0.408 e. The van der Waals surface area contributed by atoms with E-state index in [-0.39, 0.29) is 17.6 Å². The average Bonchev–Trinajstić information content (AvgIpc) is 2.59. The van der Waals surface area contributed by atoms with Crippen LogP contribution in [0.1, 0.15) is 19.4 Å². The number of hydrogen-bond acceptors (Lipinski definition) is 4. The van der Waals surface area contributed by atoms with Crippen LogP contribution in [0.15, 0.2) is 65.6 Å². The molecule has 0 spiro atoms. The first kappa shape index (κ1) is 18.1. The molecule has 1 atom stereocenters. The SMILES string of the molecule is CC(C)C(NC(=O)OCc1ccccc1)C(=O)Sc1ccccc1. The summed E-state index contributed by atoms with van der Waals surface area (Å²) in [5.41, 5.74) is 0.902. The molecule has 126 valence electrons. The second-order valence-electron chi connectivity index (χ2n) is 5.66. The molecular weight excluding hydrogens is 322 g/mol. The van der Waals surface area contributed by atoms with Crippen molar-refractivity contribution in [3.8, 4) is 0 Å². The van der Waals surface area contributed by atoms with E-state index in [0.717, 1.165) is 22.2 Å². The van der Waals surface area contributed by atoms with E-state index in [1.54, 1.807) is 0 Å². The molecule has 2 aromatic carbocycles. The first-order valence-electron chi connectivity index (χ1n) is 7.80. The minimum Gasteiger partial charge on any atom is -0.445 e.